The minimum absolute atomic E-state index is 0.624. The van der Waals surface area contributed by atoms with Crippen LogP contribution in [0.3, 0.4) is 0 Å². The first-order valence-electron chi connectivity index (χ1n) is 4.40. The van der Waals surface area contributed by atoms with Gasteiger partial charge in [-0.3, -0.25) is 0 Å². The minimum Gasteiger partial charge on any atom is -0.441 e. The lowest BCUT2D eigenvalue weighted by atomic mass is 10.3. The predicted molar refractivity (Wildman–Crippen MR) is 58.1 cm³/mol. The second kappa shape index (κ2) is 4.20. The summed E-state index contributed by atoms with van der Waals surface area (Å²) in [6, 6.07) is 5.43. The van der Waals surface area contributed by atoms with Crippen LogP contribution in [0.1, 0.15) is 12.3 Å². The monoisotopic (exact) mass is 229 g/mol. The first kappa shape index (κ1) is 9.81. The molecule has 0 radical (unpaired) electrons. The van der Waals surface area contributed by atoms with E-state index in [4.69, 9.17) is 27.6 Å². The normalized spacial score (nSPS) is 11.0. The van der Waals surface area contributed by atoms with Gasteiger partial charge in [0.05, 0.1) is 0 Å². The largest absolute Gasteiger partial charge is 0.441 e. The highest BCUT2D eigenvalue weighted by molar-refractivity contribution is 6.31. The summed E-state index contributed by atoms with van der Waals surface area (Å²) in [6.45, 7) is 0. The van der Waals surface area contributed by atoms with E-state index in [2.05, 4.69) is 4.98 Å². The molecule has 2 rings (SSSR count). The fourth-order valence-corrected chi connectivity index (χ4v) is 1.57. The van der Waals surface area contributed by atoms with Gasteiger partial charge in [0.15, 0.2) is 11.5 Å². The van der Waals surface area contributed by atoms with Crippen molar-refractivity contribution in [2.24, 2.45) is 0 Å². The summed E-state index contributed by atoms with van der Waals surface area (Å²) in [5.41, 5.74) is 1.58. The highest BCUT2D eigenvalue weighted by Gasteiger charge is 2.05. The van der Waals surface area contributed by atoms with Gasteiger partial charge in [-0.1, -0.05) is 11.6 Å². The molecule has 1 aromatic heterocycles. The SMILES string of the molecule is ClCCCc1nc2ccc(Cl)cc2o1. The highest BCUT2D eigenvalue weighted by atomic mass is 35.5. The van der Waals surface area contributed by atoms with Crippen LogP contribution in [-0.4, -0.2) is 10.9 Å². The van der Waals surface area contributed by atoms with Crippen LogP contribution >= 0.6 is 23.2 Å². The van der Waals surface area contributed by atoms with E-state index >= 15 is 0 Å². The van der Waals surface area contributed by atoms with Crippen LogP contribution in [0.2, 0.25) is 5.02 Å². The molecule has 74 valence electrons. The molecule has 0 bridgehead atoms. The summed E-state index contributed by atoms with van der Waals surface area (Å²) in [5.74, 6) is 1.35. The first-order valence-corrected chi connectivity index (χ1v) is 5.32. The molecule has 1 heterocycles. The third-order valence-electron chi connectivity index (χ3n) is 1.92. The number of aryl methyl sites for hydroxylation is 1. The summed E-state index contributed by atoms with van der Waals surface area (Å²) in [4.78, 5) is 4.31. The van der Waals surface area contributed by atoms with E-state index in [0.29, 0.717) is 10.9 Å². The van der Waals surface area contributed by atoms with Crippen LogP contribution in [-0.2, 0) is 6.42 Å². The molecule has 4 heteroatoms. The lowest BCUT2D eigenvalue weighted by Gasteiger charge is -1.88. The number of nitrogens with zero attached hydrogens (tertiary/aromatic N) is 1. The number of hydrogen-bond acceptors (Lipinski definition) is 2. The average molecular weight is 230 g/mol. The second-order valence-electron chi connectivity index (χ2n) is 3.01. The number of aromatic nitrogens is 1. The van der Waals surface area contributed by atoms with Crippen molar-refractivity contribution in [1.82, 2.24) is 4.98 Å². The van der Waals surface area contributed by atoms with Crippen molar-refractivity contribution < 1.29 is 4.42 Å². The maximum absolute atomic E-state index is 5.82. The predicted octanol–water partition coefficient (Wildman–Crippen LogP) is 3.65. The fourth-order valence-electron chi connectivity index (χ4n) is 1.27. The zero-order valence-corrected chi connectivity index (χ0v) is 8.98. The van der Waals surface area contributed by atoms with Crippen molar-refractivity contribution in [3.05, 3.63) is 29.1 Å². The summed E-state index contributed by atoms with van der Waals surface area (Å²) < 4.78 is 5.50. The standard InChI is InChI=1S/C10H9Cl2NO/c11-5-1-2-10-13-8-4-3-7(12)6-9(8)14-10/h3-4,6H,1-2,5H2. The zero-order chi connectivity index (χ0) is 9.97. The van der Waals surface area contributed by atoms with Crippen molar-refractivity contribution in [2.75, 3.05) is 5.88 Å². The molecule has 0 aliphatic rings. The van der Waals surface area contributed by atoms with Crippen LogP contribution in [0.15, 0.2) is 22.6 Å². The Bertz CT molecular complexity index is 439. The van der Waals surface area contributed by atoms with E-state index in [1.54, 1.807) is 12.1 Å². The molecule has 0 atom stereocenters. The summed E-state index contributed by atoms with van der Waals surface area (Å²) >= 11 is 11.4. The van der Waals surface area contributed by atoms with Crippen LogP contribution in [0.4, 0.5) is 0 Å². The van der Waals surface area contributed by atoms with E-state index in [9.17, 15) is 0 Å². The minimum atomic E-state index is 0.624. The lowest BCUT2D eigenvalue weighted by molar-refractivity contribution is 0.526. The molecule has 2 aromatic rings. The Balaban J connectivity index is 2.32. The number of benzene rings is 1. The first-order chi connectivity index (χ1) is 6.79. The molecule has 2 nitrogen and oxygen atoms in total. The van der Waals surface area contributed by atoms with Crippen LogP contribution in [0.5, 0.6) is 0 Å². The second-order valence-corrected chi connectivity index (χ2v) is 3.83. The van der Waals surface area contributed by atoms with Gasteiger partial charge in [-0.05, 0) is 18.6 Å². The molecule has 14 heavy (non-hydrogen) atoms. The van der Waals surface area contributed by atoms with Gasteiger partial charge in [-0.25, -0.2) is 4.98 Å². The van der Waals surface area contributed by atoms with Gasteiger partial charge in [0.2, 0.25) is 0 Å². The highest BCUT2D eigenvalue weighted by Crippen LogP contribution is 2.20. The number of rotatable bonds is 3. The number of halogens is 2. The molecule has 0 saturated heterocycles. The maximum atomic E-state index is 5.82. The van der Waals surface area contributed by atoms with Crippen LogP contribution < -0.4 is 0 Å². The van der Waals surface area contributed by atoms with Gasteiger partial charge in [0.25, 0.3) is 0 Å². The molecule has 0 fully saturated rings. The van der Waals surface area contributed by atoms with Crippen molar-refractivity contribution >= 4 is 34.3 Å². The molecular weight excluding hydrogens is 221 g/mol. The lowest BCUT2D eigenvalue weighted by Crippen LogP contribution is -1.84. The van der Waals surface area contributed by atoms with Gasteiger partial charge >= 0.3 is 0 Å². The molecule has 0 spiro atoms. The van der Waals surface area contributed by atoms with E-state index in [0.717, 1.165) is 29.8 Å². The Morgan fingerprint density at radius 2 is 2.21 bits per heavy atom. The Labute approximate surface area is 91.8 Å². The van der Waals surface area contributed by atoms with E-state index in [-0.39, 0.29) is 0 Å². The number of fused-ring (bicyclic) bond motifs is 1. The van der Waals surface area contributed by atoms with Crippen molar-refractivity contribution in [3.63, 3.8) is 0 Å². The molecule has 0 unspecified atom stereocenters. The van der Waals surface area contributed by atoms with Crippen molar-refractivity contribution in [3.8, 4) is 0 Å². The van der Waals surface area contributed by atoms with Gasteiger partial charge in [0.1, 0.15) is 5.52 Å². The molecule has 0 N–H and O–H groups in total. The summed E-state index contributed by atoms with van der Waals surface area (Å²) in [7, 11) is 0. The van der Waals surface area contributed by atoms with Crippen LogP contribution in [0.25, 0.3) is 11.1 Å². The Morgan fingerprint density at radius 3 is 3.00 bits per heavy atom. The fraction of sp³-hybridized carbons (Fsp3) is 0.300. The van der Waals surface area contributed by atoms with Crippen molar-refractivity contribution in [1.29, 1.82) is 0 Å². The molecule has 1 aromatic carbocycles. The molecule has 0 saturated carbocycles. The maximum Gasteiger partial charge on any atom is 0.195 e. The molecule has 0 aliphatic carbocycles. The molecule has 0 aliphatic heterocycles. The Kier molecular flexibility index (Phi) is 2.94. The quantitative estimate of drug-likeness (QED) is 0.752. The number of alkyl halides is 1. The van der Waals surface area contributed by atoms with Gasteiger partial charge < -0.3 is 4.42 Å². The van der Waals surface area contributed by atoms with E-state index < -0.39 is 0 Å². The zero-order valence-electron chi connectivity index (χ0n) is 7.46. The molecule has 0 amide bonds. The summed E-state index contributed by atoms with van der Waals surface area (Å²) in [6.07, 6.45) is 1.65. The van der Waals surface area contributed by atoms with E-state index in [1.807, 2.05) is 6.07 Å². The third kappa shape index (κ3) is 2.02. The Hall–Kier alpha value is -0.730. The third-order valence-corrected chi connectivity index (χ3v) is 2.42. The topological polar surface area (TPSA) is 26.0 Å². The van der Waals surface area contributed by atoms with E-state index in [1.165, 1.54) is 0 Å². The van der Waals surface area contributed by atoms with Gasteiger partial charge in [-0.2, -0.15) is 0 Å². The average Bonchev–Trinajstić information content (AvgIpc) is 2.56. The van der Waals surface area contributed by atoms with Gasteiger partial charge in [0, 0.05) is 23.4 Å². The summed E-state index contributed by atoms with van der Waals surface area (Å²) in [5, 5.41) is 0.664. The van der Waals surface area contributed by atoms with Crippen molar-refractivity contribution in [2.45, 2.75) is 12.8 Å². The Morgan fingerprint density at radius 1 is 1.36 bits per heavy atom. The molecular formula is C10H9Cl2NO. The smallest absolute Gasteiger partial charge is 0.195 e. The van der Waals surface area contributed by atoms with Gasteiger partial charge in [-0.15, -0.1) is 11.6 Å². The number of oxazole rings is 1. The number of hydrogen-bond donors (Lipinski definition) is 0. The van der Waals surface area contributed by atoms with Crippen LogP contribution in [0, 0.1) is 0 Å².